The Hall–Kier alpha value is -8.20. The van der Waals surface area contributed by atoms with Crippen LogP contribution < -0.4 is 4.90 Å². The van der Waals surface area contributed by atoms with Crippen molar-refractivity contribution in [2.75, 3.05) is 4.90 Å². The lowest BCUT2D eigenvalue weighted by Gasteiger charge is -2.26. The maximum atomic E-state index is 2.38. The van der Waals surface area contributed by atoms with Gasteiger partial charge in [-0.05, 0) is 129 Å². The van der Waals surface area contributed by atoms with E-state index in [1.807, 2.05) is 0 Å². The third kappa shape index (κ3) is 7.39. The maximum Gasteiger partial charge on any atom is 0.0541 e. The normalized spacial score (nSPS) is 11.3. The van der Waals surface area contributed by atoms with Crippen molar-refractivity contribution in [1.82, 2.24) is 4.57 Å². The van der Waals surface area contributed by atoms with E-state index in [0.29, 0.717) is 0 Å². The number of anilines is 3. The molecule has 0 radical (unpaired) electrons. The minimum atomic E-state index is 1.11. The van der Waals surface area contributed by atoms with Crippen LogP contribution in [0.5, 0.6) is 0 Å². The number of aryl methyl sites for hydroxylation is 1. The van der Waals surface area contributed by atoms with E-state index in [9.17, 15) is 0 Å². The van der Waals surface area contributed by atoms with E-state index in [2.05, 4.69) is 265 Å². The largest absolute Gasteiger partial charge is 0.311 e. The first-order valence-corrected chi connectivity index (χ1v) is 21.7. The van der Waals surface area contributed by atoms with Crippen molar-refractivity contribution < 1.29 is 0 Å². The van der Waals surface area contributed by atoms with Crippen LogP contribution in [-0.2, 0) is 0 Å². The summed E-state index contributed by atoms with van der Waals surface area (Å²) in [5, 5.41) is 2.53. The van der Waals surface area contributed by atoms with Crippen molar-refractivity contribution in [1.29, 1.82) is 0 Å². The molecule has 0 aliphatic rings. The summed E-state index contributed by atoms with van der Waals surface area (Å²) in [4.78, 5) is 2.31. The highest BCUT2D eigenvalue weighted by Gasteiger charge is 2.15. The second-order valence-electron chi connectivity index (χ2n) is 16.3. The van der Waals surface area contributed by atoms with Crippen molar-refractivity contribution in [3.8, 4) is 61.3 Å². The van der Waals surface area contributed by atoms with E-state index in [1.54, 1.807) is 0 Å². The molecule has 0 bridgehead atoms. The van der Waals surface area contributed by atoms with Crippen LogP contribution >= 0.6 is 0 Å². The second kappa shape index (κ2) is 16.3. The number of aromatic nitrogens is 1. The van der Waals surface area contributed by atoms with Crippen LogP contribution in [0.2, 0.25) is 0 Å². The third-order valence-corrected chi connectivity index (χ3v) is 12.3. The lowest BCUT2D eigenvalue weighted by Crippen LogP contribution is -2.09. The Morgan fingerprint density at radius 3 is 1.11 bits per heavy atom. The van der Waals surface area contributed by atoms with Crippen molar-refractivity contribution >= 4 is 38.9 Å². The molecule has 11 aromatic rings. The summed E-state index contributed by atoms with van der Waals surface area (Å²) < 4.78 is 2.38. The highest BCUT2D eigenvalue weighted by Crippen LogP contribution is 2.38. The summed E-state index contributed by atoms with van der Waals surface area (Å²) in [6, 6.07) is 90.0. The number of benzene rings is 10. The zero-order valence-corrected chi connectivity index (χ0v) is 35.1. The molecule has 1 aromatic heterocycles. The number of fused-ring (bicyclic) bond motifs is 3. The Balaban J connectivity index is 0.797. The molecule has 2 nitrogen and oxygen atoms in total. The van der Waals surface area contributed by atoms with Gasteiger partial charge in [-0.25, -0.2) is 0 Å². The molecule has 0 fully saturated rings. The molecule has 0 spiro atoms. The summed E-state index contributed by atoms with van der Waals surface area (Å²) in [5.74, 6) is 0. The summed E-state index contributed by atoms with van der Waals surface area (Å²) in [6.07, 6.45) is 0. The molecule has 0 unspecified atom stereocenters. The van der Waals surface area contributed by atoms with Gasteiger partial charge in [-0.15, -0.1) is 0 Å². The van der Waals surface area contributed by atoms with Gasteiger partial charge in [0, 0.05) is 33.5 Å². The van der Waals surface area contributed by atoms with Crippen molar-refractivity contribution in [2.24, 2.45) is 0 Å². The molecule has 0 aliphatic carbocycles. The van der Waals surface area contributed by atoms with Crippen LogP contribution in [0, 0.1) is 6.92 Å². The van der Waals surface area contributed by atoms with Gasteiger partial charge >= 0.3 is 0 Å². The first kappa shape index (κ1) is 37.8. The molecule has 0 saturated heterocycles. The first-order chi connectivity index (χ1) is 31.1. The highest BCUT2D eigenvalue weighted by molar-refractivity contribution is 6.10. The molecule has 63 heavy (non-hydrogen) atoms. The molecule has 0 N–H and O–H groups in total. The average molecular weight is 805 g/mol. The summed E-state index contributed by atoms with van der Waals surface area (Å²) >= 11 is 0. The van der Waals surface area contributed by atoms with Gasteiger partial charge in [0.25, 0.3) is 0 Å². The Morgan fingerprint density at radius 2 is 0.619 bits per heavy atom. The highest BCUT2D eigenvalue weighted by atomic mass is 15.1. The fourth-order valence-electron chi connectivity index (χ4n) is 8.95. The SMILES string of the molecule is Cc1ccc(-n2c3ccccc3c3cc(-c4ccc(-c5ccc(-c6ccc(-c7ccc(N(c8ccccc8)c8ccc(-c9ccccc9)cc8)cc7)cc6)cc5)cc4)ccc32)cc1. The summed E-state index contributed by atoms with van der Waals surface area (Å²) in [5.41, 5.74) is 20.3. The topological polar surface area (TPSA) is 8.17 Å². The lowest BCUT2D eigenvalue weighted by molar-refractivity contribution is 1.17. The summed E-state index contributed by atoms with van der Waals surface area (Å²) in [6.45, 7) is 2.14. The Kier molecular flexibility index (Phi) is 9.80. The van der Waals surface area contributed by atoms with Crippen LogP contribution in [0.4, 0.5) is 17.1 Å². The molecule has 0 saturated carbocycles. The number of nitrogens with zero attached hydrogens (tertiary/aromatic N) is 2. The fourth-order valence-corrected chi connectivity index (χ4v) is 8.95. The molecule has 0 amide bonds. The molecular weight excluding hydrogens is 761 g/mol. The van der Waals surface area contributed by atoms with E-state index in [0.717, 1.165) is 17.1 Å². The van der Waals surface area contributed by atoms with Crippen molar-refractivity contribution in [3.05, 3.63) is 254 Å². The van der Waals surface area contributed by atoms with Gasteiger partial charge in [0.1, 0.15) is 0 Å². The van der Waals surface area contributed by atoms with Crippen LogP contribution in [-0.4, -0.2) is 4.57 Å². The Bertz CT molecular complexity index is 3310. The molecular formula is C61H44N2. The monoisotopic (exact) mass is 804 g/mol. The molecule has 0 aliphatic heterocycles. The van der Waals surface area contributed by atoms with Gasteiger partial charge in [0.15, 0.2) is 0 Å². The predicted octanol–water partition coefficient (Wildman–Crippen LogP) is 16.9. The second-order valence-corrected chi connectivity index (χ2v) is 16.3. The van der Waals surface area contributed by atoms with E-state index < -0.39 is 0 Å². The van der Waals surface area contributed by atoms with Gasteiger partial charge in [0.2, 0.25) is 0 Å². The van der Waals surface area contributed by atoms with E-state index >= 15 is 0 Å². The molecule has 11 rings (SSSR count). The number of hydrogen-bond acceptors (Lipinski definition) is 1. The summed E-state index contributed by atoms with van der Waals surface area (Å²) in [7, 11) is 0. The molecule has 298 valence electrons. The average Bonchev–Trinajstić information content (AvgIpc) is 3.69. The first-order valence-electron chi connectivity index (χ1n) is 21.7. The van der Waals surface area contributed by atoms with Gasteiger partial charge in [-0.3, -0.25) is 0 Å². The molecule has 2 heteroatoms. The minimum absolute atomic E-state index is 1.11. The molecule has 1 heterocycles. The minimum Gasteiger partial charge on any atom is -0.311 e. The third-order valence-electron chi connectivity index (χ3n) is 12.3. The van der Waals surface area contributed by atoms with Gasteiger partial charge < -0.3 is 9.47 Å². The fraction of sp³-hybridized carbons (Fsp3) is 0.0164. The lowest BCUT2D eigenvalue weighted by atomic mass is 9.96. The smallest absolute Gasteiger partial charge is 0.0541 e. The molecule has 0 atom stereocenters. The van der Waals surface area contributed by atoms with Crippen molar-refractivity contribution in [2.45, 2.75) is 6.92 Å². The van der Waals surface area contributed by atoms with Gasteiger partial charge in [-0.1, -0.05) is 188 Å². The number of hydrogen-bond donors (Lipinski definition) is 0. The van der Waals surface area contributed by atoms with E-state index in [1.165, 1.54) is 88.7 Å². The Morgan fingerprint density at radius 1 is 0.270 bits per heavy atom. The van der Waals surface area contributed by atoms with Gasteiger partial charge in [0.05, 0.1) is 11.0 Å². The predicted molar refractivity (Wildman–Crippen MR) is 267 cm³/mol. The quantitative estimate of drug-likeness (QED) is 0.141. The Labute approximate surface area is 369 Å². The number of para-hydroxylation sites is 2. The maximum absolute atomic E-state index is 2.38. The zero-order chi connectivity index (χ0) is 42.1. The standard InChI is InChI=1S/C61H44N2/c1-43-16-35-57(36-17-43)63-60-15-9-8-14-58(60)59-42-53(34-41-61(59)63)52-28-26-48(27-29-52)47-20-18-45(19-21-47)46-22-24-49(25-23-46)51-32-39-56(40-33-51)62(54-12-6-3-7-13-54)55-37-30-50(31-38-55)44-10-4-2-5-11-44/h2-42H,1H3. The van der Waals surface area contributed by atoms with Crippen LogP contribution in [0.25, 0.3) is 83.1 Å². The molecule has 10 aromatic carbocycles. The van der Waals surface area contributed by atoms with E-state index in [-0.39, 0.29) is 0 Å². The zero-order valence-electron chi connectivity index (χ0n) is 35.1. The van der Waals surface area contributed by atoms with Crippen LogP contribution in [0.15, 0.2) is 249 Å². The van der Waals surface area contributed by atoms with Crippen LogP contribution in [0.3, 0.4) is 0 Å². The van der Waals surface area contributed by atoms with Gasteiger partial charge in [-0.2, -0.15) is 0 Å². The van der Waals surface area contributed by atoms with E-state index in [4.69, 9.17) is 0 Å². The van der Waals surface area contributed by atoms with Crippen LogP contribution in [0.1, 0.15) is 5.56 Å². The van der Waals surface area contributed by atoms with Crippen molar-refractivity contribution in [3.63, 3.8) is 0 Å². The number of rotatable bonds is 9.